The minimum atomic E-state index is -2.81. The number of methoxy groups -OCH3 is 1. The number of halogens is 2. The van der Waals surface area contributed by atoms with Gasteiger partial charge in [-0.15, -0.1) is 0 Å². The summed E-state index contributed by atoms with van der Waals surface area (Å²) in [6.45, 7) is 1.04. The summed E-state index contributed by atoms with van der Waals surface area (Å²) in [6.07, 6.45) is -0.335. The lowest BCUT2D eigenvalue weighted by molar-refractivity contribution is -0.143. The van der Waals surface area contributed by atoms with Gasteiger partial charge in [-0.25, -0.2) is 8.78 Å². The van der Waals surface area contributed by atoms with E-state index in [0.29, 0.717) is 0 Å². The number of rotatable bonds is 4. The second-order valence-corrected chi connectivity index (χ2v) is 3.86. The van der Waals surface area contributed by atoms with E-state index in [9.17, 15) is 13.6 Å². The molecule has 1 rings (SSSR count). The van der Waals surface area contributed by atoms with Crippen molar-refractivity contribution in [2.45, 2.75) is 31.4 Å². The van der Waals surface area contributed by atoms with Crippen LogP contribution in [0.4, 0.5) is 8.78 Å². The van der Waals surface area contributed by atoms with Crippen LogP contribution in [0, 0.1) is 0 Å². The van der Waals surface area contributed by atoms with Gasteiger partial charge >= 0.3 is 5.97 Å². The van der Waals surface area contributed by atoms with Gasteiger partial charge in [0, 0.05) is 19.6 Å². The van der Waals surface area contributed by atoms with Gasteiger partial charge in [0.15, 0.2) is 0 Å². The Morgan fingerprint density at radius 2 is 2.33 bits per heavy atom. The van der Waals surface area contributed by atoms with Crippen molar-refractivity contribution in [3.8, 4) is 0 Å². The number of hydrogen-bond donors (Lipinski definition) is 1. The average molecular weight is 223 g/mol. The smallest absolute Gasteiger partial charge is 0.320 e. The normalized spacial score (nSPS) is 27.9. The van der Waals surface area contributed by atoms with Crippen LogP contribution in [0.2, 0.25) is 0 Å². The van der Waals surface area contributed by atoms with Crippen molar-refractivity contribution >= 4 is 5.97 Å². The third kappa shape index (κ3) is 2.85. The summed E-state index contributed by atoms with van der Waals surface area (Å²) in [4.78, 5) is 12.0. The van der Waals surface area contributed by atoms with Crippen LogP contribution in [0.5, 0.6) is 0 Å². The molecule has 1 aliphatic rings. The summed E-state index contributed by atoms with van der Waals surface area (Å²) in [7, 11) is 1.42. The molecule has 2 atom stereocenters. The Morgan fingerprint density at radius 3 is 2.80 bits per heavy atom. The third-order valence-electron chi connectivity index (χ3n) is 2.63. The SMILES string of the molecule is COC[C@@H]1CC(F)(F)CN1[C@@H](C)C(=O)O. The standard InChI is InChI=1S/C9H15F2NO3/c1-6(8(13)14)12-5-9(10,11)3-7(12)4-15-2/h6-7H,3-5H2,1-2H3,(H,13,14)/t6-,7-/m0/s1. The maximum absolute atomic E-state index is 13.1. The zero-order valence-electron chi connectivity index (χ0n) is 8.74. The van der Waals surface area contributed by atoms with E-state index in [-0.39, 0.29) is 13.0 Å². The molecule has 4 nitrogen and oxygen atoms in total. The first-order chi connectivity index (χ1) is 6.87. The number of hydrogen-bond acceptors (Lipinski definition) is 3. The molecule has 0 aromatic carbocycles. The molecule has 15 heavy (non-hydrogen) atoms. The molecule has 0 saturated carbocycles. The van der Waals surface area contributed by atoms with E-state index in [1.54, 1.807) is 0 Å². The van der Waals surface area contributed by atoms with Crippen LogP contribution < -0.4 is 0 Å². The monoisotopic (exact) mass is 223 g/mol. The first kappa shape index (κ1) is 12.3. The molecule has 88 valence electrons. The lowest BCUT2D eigenvalue weighted by Gasteiger charge is -2.26. The summed E-state index contributed by atoms with van der Waals surface area (Å²) in [6, 6.07) is -1.42. The third-order valence-corrected chi connectivity index (χ3v) is 2.63. The summed E-state index contributed by atoms with van der Waals surface area (Å²) >= 11 is 0. The Labute approximate surface area is 86.8 Å². The zero-order chi connectivity index (χ0) is 11.6. The number of ether oxygens (including phenoxy) is 1. The van der Waals surface area contributed by atoms with Gasteiger partial charge < -0.3 is 9.84 Å². The summed E-state index contributed by atoms with van der Waals surface area (Å²) < 4.78 is 31.0. The lowest BCUT2D eigenvalue weighted by Crippen LogP contribution is -2.44. The Balaban J connectivity index is 2.72. The number of carbonyl (C=O) groups is 1. The van der Waals surface area contributed by atoms with Crippen molar-refractivity contribution in [3.05, 3.63) is 0 Å². The fourth-order valence-corrected chi connectivity index (χ4v) is 1.86. The van der Waals surface area contributed by atoms with E-state index in [0.717, 1.165) is 0 Å². The van der Waals surface area contributed by atoms with Crippen molar-refractivity contribution < 1.29 is 23.4 Å². The number of carboxylic acid groups (broad SMARTS) is 1. The number of nitrogens with zero attached hydrogens (tertiary/aromatic N) is 1. The van der Waals surface area contributed by atoms with E-state index in [2.05, 4.69) is 0 Å². The highest BCUT2D eigenvalue weighted by Crippen LogP contribution is 2.33. The summed E-state index contributed by atoms with van der Waals surface area (Å²) in [5, 5.41) is 8.77. The van der Waals surface area contributed by atoms with E-state index in [4.69, 9.17) is 9.84 Å². The van der Waals surface area contributed by atoms with E-state index in [1.807, 2.05) is 0 Å². The van der Waals surface area contributed by atoms with Gasteiger partial charge in [-0.3, -0.25) is 9.69 Å². The van der Waals surface area contributed by atoms with Crippen molar-refractivity contribution in [1.29, 1.82) is 0 Å². The molecular formula is C9H15F2NO3. The molecule has 1 aliphatic heterocycles. The van der Waals surface area contributed by atoms with Crippen LogP contribution in [0.1, 0.15) is 13.3 Å². The van der Waals surface area contributed by atoms with Gasteiger partial charge in [-0.05, 0) is 6.92 Å². The van der Waals surface area contributed by atoms with E-state index < -0.39 is 30.5 Å². The fourth-order valence-electron chi connectivity index (χ4n) is 1.86. The molecule has 0 amide bonds. The highest BCUT2D eigenvalue weighted by atomic mass is 19.3. The van der Waals surface area contributed by atoms with E-state index in [1.165, 1.54) is 18.9 Å². The first-order valence-electron chi connectivity index (χ1n) is 4.72. The number of likely N-dealkylation sites (tertiary alicyclic amines) is 1. The van der Waals surface area contributed by atoms with Gasteiger partial charge in [0.05, 0.1) is 13.2 Å². The average Bonchev–Trinajstić information content (AvgIpc) is 2.40. The van der Waals surface area contributed by atoms with Crippen molar-refractivity contribution in [2.24, 2.45) is 0 Å². The Kier molecular flexibility index (Phi) is 3.62. The van der Waals surface area contributed by atoms with Crippen molar-refractivity contribution in [3.63, 3.8) is 0 Å². The minimum Gasteiger partial charge on any atom is -0.480 e. The second-order valence-electron chi connectivity index (χ2n) is 3.86. The largest absolute Gasteiger partial charge is 0.480 e. The van der Waals surface area contributed by atoms with Crippen molar-refractivity contribution in [1.82, 2.24) is 4.90 Å². The Morgan fingerprint density at radius 1 is 1.73 bits per heavy atom. The summed E-state index contributed by atoms with van der Waals surface area (Å²) in [5.74, 6) is -3.90. The molecule has 0 aromatic heterocycles. The molecule has 0 aliphatic carbocycles. The molecule has 6 heteroatoms. The molecule has 0 aromatic rings. The predicted octanol–water partition coefficient (Wildman–Crippen LogP) is 0.816. The molecule has 1 saturated heterocycles. The van der Waals surface area contributed by atoms with Crippen LogP contribution in [0.15, 0.2) is 0 Å². The van der Waals surface area contributed by atoms with Crippen LogP contribution in [-0.2, 0) is 9.53 Å². The topological polar surface area (TPSA) is 49.8 Å². The molecule has 1 N–H and O–H groups in total. The van der Waals surface area contributed by atoms with Gasteiger partial charge in [-0.1, -0.05) is 0 Å². The van der Waals surface area contributed by atoms with Crippen LogP contribution >= 0.6 is 0 Å². The molecule has 0 unspecified atom stereocenters. The molecule has 1 heterocycles. The quantitative estimate of drug-likeness (QED) is 0.766. The zero-order valence-corrected chi connectivity index (χ0v) is 8.74. The Hall–Kier alpha value is -0.750. The second kappa shape index (κ2) is 4.40. The predicted molar refractivity (Wildman–Crippen MR) is 49.0 cm³/mol. The van der Waals surface area contributed by atoms with E-state index >= 15 is 0 Å². The maximum atomic E-state index is 13.1. The first-order valence-corrected chi connectivity index (χ1v) is 4.72. The Bertz CT molecular complexity index is 248. The minimum absolute atomic E-state index is 0.132. The molecule has 0 spiro atoms. The number of carboxylic acids is 1. The van der Waals surface area contributed by atoms with Crippen LogP contribution in [0.3, 0.4) is 0 Å². The van der Waals surface area contributed by atoms with Gasteiger partial charge in [0.2, 0.25) is 0 Å². The maximum Gasteiger partial charge on any atom is 0.320 e. The van der Waals surface area contributed by atoms with Gasteiger partial charge in [0.25, 0.3) is 5.92 Å². The number of alkyl halides is 2. The number of aliphatic carboxylic acids is 1. The summed E-state index contributed by atoms with van der Waals surface area (Å²) in [5.41, 5.74) is 0. The lowest BCUT2D eigenvalue weighted by atomic mass is 10.2. The van der Waals surface area contributed by atoms with Gasteiger partial charge in [-0.2, -0.15) is 0 Å². The molecule has 0 bridgehead atoms. The van der Waals surface area contributed by atoms with Crippen LogP contribution in [0.25, 0.3) is 0 Å². The molecule has 1 fully saturated rings. The molecular weight excluding hydrogens is 208 g/mol. The fraction of sp³-hybridized carbons (Fsp3) is 0.889. The van der Waals surface area contributed by atoms with Crippen LogP contribution in [-0.4, -0.2) is 54.2 Å². The molecule has 0 radical (unpaired) electrons. The highest BCUT2D eigenvalue weighted by molar-refractivity contribution is 5.73. The van der Waals surface area contributed by atoms with Gasteiger partial charge in [0.1, 0.15) is 6.04 Å². The van der Waals surface area contributed by atoms with Crippen molar-refractivity contribution in [2.75, 3.05) is 20.3 Å². The highest BCUT2D eigenvalue weighted by Gasteiger charge is 2.47.